The molecule has 1 fully saturated rings. The minimum atomic E-state index is -0.0250. The van der Waals surface area contributed by atoms with Crippen molar-refractivity contribution in [2.45, 2.75) is 32.5 Å². The van der Waals surface area contributed by atoms with Crippen LogP contribution in [0.5, 0.6) is 0 Å². The van der Waals surface area contributed by atoms with Crippen molar-refractivity contribution in [3.8, 4) is 0 Å². The maximum atomic E-state index is 5.63. The van der Waals surface area contributed by atoms with E-state index < -0.39 is 0 Å². The zero-order chi connectivity index (χ0) is 7.78. The van der Waals surface area contributed by atoms with Gasteiger partial charge in [0.05, 0.1) is 11.7 Å². The van der Waals surface area contributed by atoms with E-state index in [1.165, 1.54) is 0 Å². The highest BCUT2D eigenvalue weighted by Crippen LogP contribution is 2.19. The van der Waals surface area contributed by atoms with Gasteiger partial charge in [0.1, 0.15) is 0 Å². The van der Waals surface area contributed by atoms with Gasteiger partial charge < -0.3 is 4.74 Å². The number of hydrogen-bond acceptors (Lipinski definition) is 2. The van der Waals surface area contributed by atoms with Crippen LogP contribution in [0.1, 0.15) is 20.8 Å². The summed E-state index contributed by atoms with van der Waals surface area (Å²) in [5, 5.41) is 0. The van der Waals surface area contributed by atoms with Crippen LogP contribution in [-0.2, 0) is 4.74 Å². The molecule has 0 aromatic heterocycles. The number of ether oxygens (including phenoxy) is 1. The van der Waals surface area contributed by atoms with Gasteiger partial charge in [0.15, 0.2) is 0 Å². The van der Waals surface area contributed by atoms with Crippen LogP contribution < -0.4 is 0 Å². The predicted molar refractivity (Wildman–Crippen MR) is 42.1 cm³/mol. The highest BCUT2D eigenvalue weighted by atomic mass is 35.5. The van der Waals surface area contributed by atoms with E-state index >= 15 is 0 Å². The van der Waals surface area contributed by atoms with Crippen LogP contribution in [0.2, 0.25) is 0 Å². The summed E-state index contributed by atoms with van der Waals surface area (Å²) in [6.45, 7) is 7.90. The normalized spacial score (nSPS) is 22.8. The fourth-order valence-corrected chi connectivity index (χ4v) is 1.27. The van der Waals surface area contributed by atoms with Gasteiger partial charge in [-0.3, -0.25) is 0 Å². The lowest BCUT2D eigenvalue weighted by Crippen LogP contribution is -2.49. The number of rotatable bonds is 1. The molecule has 1 aliphatic rings. The van der Waals surface area contributed by atoms with Gasteiger partial charge in [-0.2, -0.15) is 0 Å². The lowest BCUT2D eigenvalue weighted by molar-refractivity contribution is -0.103. The smallest absolute Gasteiger partial charge is 0.0862 e. The van der Waals surface area contributed by atoms with Gasteiger partial charge in [0, 0.05) is 13.1 Å². The fourth-order valence-electron chi connectivity index (χ4n) is 0.963. The first-order valence-corrected chi connectivity index (χ1v) is 3.90. The summed E-state index contributed by atoms with van der Waals surface area (Å²) in [7, 11) is 0. The van der Waals surface area contributed by atoms with Crippen molar-refractivity contribution < 1.29 is 4.74 Å². The van der Waals surface area contributed by atoms with Gasteiger partial charge in [-0.25, -0.2) is 4.42 Å². The molecule has 3 heteroatoms. The molecule has 1 saturated heterocycles. The van der Waals surface area contributed by atoms with Crippen LogP contribution in [0.25, 0.3) is 0 Å². The Bertz CT molecular complexity index is 115. The first-order valence-electron chi connectivity index (χ1n) is 3.56. The molecule has 0 radical (unpaired) electrons. The van der Waals surface area contributed by atoms with Crippen LogP contribution >= 0.6 is 11.8 Å². The SMILES string of the molecule is CC(C)(C)OC1CN(Cl)C1. The van der Waals surface area contributed by atoms with Crippen LogP contribution in [-0.4, -0.2) is 29.2 Å². The summed E-state index contributed by atoms with van der Waals surface area (Å²) < 4.78 is 7.35. The van der Waals surface area contributed by atoms with Gasteiger partial charge in [-0.1, -0.05) is 0 Å². The molecule has 2 nitrogen and oxygen atoms in total. The minimum absolute atomic E-state index is 0.0250. The van der Waals surface area contributed by atoms with E-state index in [-0.39, 0.29) is 5.60 Å². The molecule has 0 spiro atoms. The summed E-state index contributed by atoms with van der Waals surface area (Å²) in [5.74, 6) is 0. The maximum absolute atomic E-state index is 5.63. The second-order valence-corrected chi connectivity index (χ2v) is 4.16. The van der Waals surface area contributed by atoms with Crippen molar-refractivity contribution in [1.29, 1.82) is 0 Å². The molecule has 60 valence electrons. The summed E-state index contributed by atoms with van der Waals surface area (Å²) in [6, 6.07) is 0. The Morgan fingerprint density at radius 2 is 1.90 bits per heavy atom. The molecule has 0 aliphatic carbocycles. The third-order valence-electron chi connectivity index (χ3n) is 1.32. The Labute approximate surface area is 67.2 Å². The molecule has 0 aromatic carbocycles. The van der Waals surface area contributed by atoms with Crippen molar-refractivity contribution in [2.24, 2.45) is 0 Å². The predicted octanol–water partition coefficient (Wildman–Crippen LogP) is 1.64. The Morgan fingerprint density at radius 3 is 2.20 bits per heavy atom. The van der Waals surface area contributed by atoms with E-state index in [1.54, 1.807) is 4.42 Å². The molecule has 10 heavy (non-hydrogen) atoms. The molecule has 1 heterocycles. The van der Waals surface area contributed by atoms with Crippen LogP contribution in [0, 0.1) is 0 Å². The molecular formula is C7H14ClNO. The topological polar surface area (TPSA) is 12.5 Å². The lowest BCUT2D eigenvalue weighted by Gasteiger charge is -2.37. The van der Waals surface area contributed by atoms with E-state index in [2.05, 4.69) is 20.8 Å². The van der Waals surface area contributed by atoms with Gasteiger partial charge in [-0.15, -0.1) is 0 Å². The van der Waals surface area contributed by atoms with E-state index in [1.807, 2.05) is 0 Å². The summed E-state index contributed by atoms with van der Waals surface area (Å²) in [6.07, 6.45) is 0.345. The van der Waals surface area contributed by atoms with E-state index in [4.69, 9.17) is 16.5 Å². The molecule has 0 aromatic rings. The number of hydrogen-bond donors (Lipinski definition) is 0. The number of halogens is 1. The maximum Gasteiger partial charge on any atom is 0.0862 e. The molecule has 1 aliphatic heterocycles. The van der Waals surface area contributed by atoms with Gasteiger partial charge >= 0.3 is 0 Å². The molecule has 1 rings (SSSR count). The zero-order valence-corrected chi connectivity index (χ0v) is 7.48. The molecule has 0 amide bonds. The third-order valence-corrected chi connectivity index (χ3v) is 1.60. The number of nitrogens with zero attached hydrogens (tertiary/aromatic N) is 1. The molecule has 0 N–H and O–H groups in total. The average Bonchev–Trinajstić information content (AvgIpc) is 1.57. The quantitative estimate of drug-likeness (QED) is 0.545. The van der Waals surface area contributed by atoms with Crippen molar-refractivity contribution in [1.82, 2.24) is 4.42 Å². The van der Waals surface area contributed by atoms with Crippen LogP contribution in [0.3, 0.4) is 0 Å². The minimum Gasteiger partial charge on any atom is -0.370 e. The highest BCUT2D eigenvalue weighted by Gasteiger charge is 2.29. The Hall–Kier alpha value is 0.210. The first kappa shape index (κ1) is 8.31. The average molecular weight is 164 g/mol. The zero-order valence-electron chi connectivity index (χ0n) is 6.72. The fraction of sp³-hybridized carbons (Fsp3) is 1.00. The summed E-state index contributed by atoms with van der Waals surface area (Å²) >= 11 is 5.63. The van der Waals surface area contributed by atoms with E-state index in [0.29, 0.717) is 6.10 Å². The molecule has 0 bridgehead atoms. The third kappa shape index (κ3) is 2.45. The standard InChI is InChI=1S/C7H14ClNO/c1-7(2,3)10-6-4-9(8)5-6/h6H,4-5H2,1-3H3. The largest absolute Gasteiger partial charge is 0.370 e. The van der Waals surface area contributed by atoms with Crippen molar-refractivity contribution in [2.75, 3.05) is 13.1 Å². The first-order chi connectivity index (χ1) is 4.47. The van der Waals surface area contributed by atoms with Gasteiger partial charge in [0.25, 0.3) is 0 Å². The Balaban J connectivity index is 2.16. The monoisotopic (exact) mass is 163 g/mol. The van der Waals surface area contributed by atoms with Crippen molar-refractivity contribution >= 4 is 11.8 Å². The van der Waals surface area contributed by atoms with Crippen molar-refractivity contribution in [3.05, 3.63) is 0 Å². The molecule has 0 saturated carbocycles. The summed E-state index contributed by atoms with van der Waals surface area (Å²) in [5.41, 5.74) is -0.0250. The van der Waals surface area contributed by atoms with Crippen LogP contribution in [0.4, 0.5) is 0 Å². The van der Waals surface area contributed by atoms with E-state index in [9.17, 15) is 0 Å². The van der Waals surface area contributed by atoms with Crippen molar-refractivity contribution in [3.63, 3.8) is 0 Å². The second-order valence-electron chi connectivity index (χ2n) is 3.68. The van der Waals surface area contributed by atoms with Gasteiger partial charge in [0.2, 0.25) is 0 Å². The summed E-state index contributed by atoms with van der Waals surface area (Å²) in [4.78, 5) is 0. The van der Waals surface area contributed by atoms with E-state index in [0.717, 1.165) is 13.1 Å². The highest BCUT2D eigenvalue weighted by molar-refractivity contribution is 6.13. The molecule has 0 unspecified atom stereocenters. The van der Waals surface area contributed by atoms with Gasteiger partial charge in [-0.05, 0) is 32.5 Å². The lowest BCUT2D eigenvalue weighted by atomic mass is 10.1. The molecule has 0 atom stereocenters. The Kier molecular flexibility index (Phi) is 2.23. The Morgan fingerprint density at radius 1 is 1.40 bits per heavy atom. The molecular weight excluding hydrogens is 150 g/mol. The second kappa shape index (κ2) is 2.68. The van der Waals surface area contributed by atoms with Crippen LogP contribution in [0.15, 0.2) is 0 Å².